The van der Waals surface area contributed by atoms with Crippen molar-refractivity contribution in [2.24, 2.45) is 0 Å². The number of benzene rings is 1. The molecule has 1 aromatic rings. The van der Waals surface area contributed by atoms with Crippen LogP contribution in [-0.4, -0.2) is 37.8 Å². The maximum absolute atomic E-state index is 11.6. The lowest BCUT2D eigenvalue weighted by molar-refractivity contribution is 0.0766. The van der Waals surface area contributed by atoms with E-state index in [0.29, 0.717) is 18.6 Å². The molecule has 4 heteroatoms. The summed E-state index contributed by atoms with van der Waals surface area (Å²) in [5.41, 5.74) is 0.647. The molecule has 0 bridgehead atoms. The van der Waals surface area contributed by atoms with Gasteiger partial charge in [0, 0.05) is 12.0 Å². The zero-order valence-corrected chi connectivity index (χ0v) is 9.31. The van der Waals surface area contributed by atoms with Crippen LogP contribution in [0.5, 0.6) is 5.75 Å². The number of carbonyl (C=O) groups excluding carboxylic acids is 1. The third-order valence-corrected chi connectivity index (χ3v) is 2.12. The first-order chi connectivity index (χ1) is 7.77. The molecule has 0 aromatic heterocycles. The SMILES string of the molecule is COc1ccc(C(=O)CCOCCO)cc1. The molecule has 1 N–H and O–H groups in total. The Balaban J connectivity index is 2.40. The van der Waals surface area contributed by atoms with Gasteiger partial charge in [-0.25, -0.2) is 0 Å². The first-order valence-corrected chi connectivity index (χ1v) is 5.13. The van der Waals surface area contributed by atoms with Crippen molar-refractivity contribution in [3.8, 4) is 5.75 Å². The fourth-order valence-electron chi connectivity index (χ4n) is 1.25. The molecule has 0 radical (unpaired) electrons. The third kappa shape index (κ3) is 4.00. The molecule has 0 unspecified atom stereocenters. The van der Waals surface area contributed by atoms with Gasteiger partial charge in [-0.05, 0) is 24.3 Å². The second kappa shape index (κ2) is 6.98. The van der Waals surface area contributed by atoms with Crippen LogP contribution in [0.1, 0.15) is 16.8 Å². The van der Waals surface area contributed by atoms with Crippen molar-refractivity contribution in [3.05, 3.63) is 29.8 Å². The minimum atomic E-state index is -0.0171. The van der Waals surface area contributed by atoms with Crippen molar-refractivity contribution in [1.82, 2.24) is 0 Å². The lowest BCUT2D eigenvalue weighted by atomic mass is 10.1. The van der Waals surface area contributed by atoms with Crippen LogP contribution in [0.3, 0.4) is 0 Å². The Kier molecular flexibility index (Phi) is 5.53. The summed E-state index contributed by atoms with van der Waals surface area (Å²) in [5.74, 6) is 0.758. The second-order valence-corrected chi connectivity index (χ2v) is 3.24. The Morgan fingerprint density at radius 2 is 1.94 bits per heavy atom. The first kappa shape index (κ1) is 12.7. The van der Waals surface area contributed by atoms with Crippen molar-refractivity contribution >= 4 is 5.78 Å². The van der Waals surface area contributed by atoms with Crippen molar-refractivity contribution in [2.75, 3.05) is 26.9 Å². The number of carbonyl (C=O) groups is 1. The highest BCUT2D eigenvalue weighted by Gasteiger charge is 2.05. The number of rotatable bonds is 7. The zero-order chi connectivity index (χ0) is 11.8. The molecule has 0 saturated heterocycles. The van der Waals surface area contributed by atoms with E-state index < -0.39 is 0 Å². The van der Waals surface area contributed by atoms with Gasteiger partial charge in [0.2, 0.25) is 0 Å². The highest BCUT2D eigenvalue weighted by Crippen LogP contribution is 2.12. The van der Waals surface area contributed by atoms with Crippen LogP contribution in [0, 0.1) is 0 Å². The highest BCUT2D eigenvalue weighted by molar-refractivity contribution is 5.96. The first-order valence-electron chi connectivity index (χ1n) is 5.13. The van der Waals surface area contributed by atoms with Crippen LogP contribution < -0.4 is 4.74 Å². The van der Waals surface area contributed by atoms with Gasteiger partial charge in [-0.3, -0.25) is 4.79 Å². The third-order valence-electron chi connectivity index (χ3n) is 2.12. The van der Waals surface area contributed by atoms with Gasteiger partial charge in [0.05, 0.1) is 26.9 Å². The number of aliphatic hydroxyl groups excluding tert-OH is 1. The molecule has 88 valence electrons. The number of methoxy groups -OCH3 is 1. The monoisotopic (exact) mass is 224 g/mol. The van der Waals surface area contributed by atoms with Gasteiger partial charge in [-0.15, -0.1) is 0 Å². The maximum atomic E-state index is 11.6. The lowest BCUT2D eigenvalue weighted by Gasteiger charge is -2.03. The molecule has 0 atom stereocenters. The molecule has 0 amide bonds. The minimum absolute atomic E-state index is 0.0171. The summed E-state index contributed by atoms with van der Waals surface area (Å²) in [6.45, 7) is 0.595. The summed E-state index contributed by atoms with van der Waals surface area (Å²) in [6.07, 6.45) is 0.326. The molecule has 0 aliphatic carbocycles. The number of ether oxygens (including phenoxy) is 2. The molecule has 0 aliphatic heterocycles. The van der Waals surface area contributed by atoms with Gasteiger partial charge in [0.25, 0.3) is 0 Å². The molecule has 0 saturated carbocycles. The predicted octanol–water partition coefficient (Wildman–Crippen LogP) is 1.28. The molecule has 0 aliphatic rings. The van der Waals surface area contributed by atoms with Crippen molar-refractivity contribution in [1.29, 1.82) is 0 Å². The largest absolute Gasteiger partial charge is 0.497 e. The molecule has 1 rings (SSSR count). The summed E-state index contributed by atoms with van der Waals surface area (Å²) in [5, 5.41) is 8.48. The van der Waals surface area contributed by atoms with Gasteiger partial charge < -0.3 is 14.6 Å². The normalized spacial score (nSPS) is 10.1. The Bertz CT molecular complexity index is 318. The van der Waals surface area contributed by atoms with Gasteiger partial charge in [0.1, 0.15) is 5.75 Å². The maximum Gasteiger partial charge on any atom is 0.165 e. The number of aliphatic hydroxyl groups is 1. The van der Waals surface area contributed by atoms with Crippen LogP contribution in [0.25, 0.3) is 0 Å². The molecular weight excluding hydrogens is 208 g/mol. The van der Waals surface area contributed by atoms with Gasteiger partial charge in [-0.1, -0.05) is 0 Å². The average molecular weight is 224 g/mol. The van der Waals surface area contributed by atoms with Gasteiger partial charge in [-0.2, -0.15) is 0 Å². The Labute approximate surface area is 94.8 Å². The van der Waals surface area contributed by atoms with Crippen LogP contribution in [0.15, 0.2) is 24.3 Å². The number of Topliss-reactive ketones (excluding diaryl/α,β-unsaturated/α-hetero) is 1. The standard InChI is InChI=1S/C12H16O4/c1-15-11-4-2-10(3-5-11)12(14)6-8-16-9-7-13/h2-5,13H,6-9H2,1H3. The van der Waals surface area contributed by atoms with Crippen LogP contribution in [0.2, 0.25) is 0 Å². The van der Waals surface area contributed by atoms with Crippen molar-refractivity contribution in [2.45, 2.75) is 6.42 Å². The van der Waals surface area contributed by atoms with E-state index in [0.717, 1.165) is 5.75 Å². The summed E-state index contributed by atoms with van der Waals surface area (Å²) in [7, 11) is 1.58. The van der Waals surface area contributed by atoms with Gasteiger partial charge >= 0.3 is 0 Å². The molecule has 0 fully saturated rings. The van der Waals surface area contributed by atoms with E-state index in [1.807, 2.05) is 0 Å². The predicted molar refractivity (Wildman–Crippen MR) is 59.8 cm³/mol. The minimum Gasteiger partial charge on any atom is -0.497 e. The highest BCUT2D eigenvalue weighted by atomic mass is 16.5. The molecule has 1 aromatic carbocycles. The molecule has 0 spiro atoms. The fourth-order valence-corrected chi connectivity index (χ4v) is 1.25. The van der Waals surface area contributed by atoms with E-state index in [9.17, 15) is 4.79 Å². The Morgan fingerprint density at radius 3 is 2.50 bits per heavy atom. The summed E-state index contributed by atoms with van der Waals surface area (Å²) in [6, 6.07) is 6.96. The molecule has 0 heterocycles. The Morgan fingerprint density at radius 1 is 1.25 bits per heavy atom. The summed E-state index contributed by atoms with van der Waals surface area (Å²) < 4.78 is 10.0. The van der Waals surface area contributed by atoms with Crippen LogP contribution in [0.4, 0.5) is 0 Å². The molecule has 4 nitrogen and oxygen atoms in total. The van der Waals surface area contributed by atoms with E-state index in [1.54, 1.807) is 31.4 Å². The van der Waals surface area contributed by atoms with E-state index in [-0.39, 0.29) is 19.0 Å². The lowest BCUT2D eigenvalue weighted by Crippen LogP contribution is -2.07. The van der Waals surface area contributed by atoms with E-state index >= 15 is 0 Å². The van der Waals surface area contributed by atoms with E-state index in [4.69, 9.17) is 14.6 Å². The number of hydrogen-bond donors (Lipinski definition) is 1. The Hall–Kier alpha value is -1.39. The second-order valence-electron chi connectivity index (χ2n) is 3.24. The summed E-state index contributed by atoms with van der Waals surface area (Å²) in [4.78, 5) is 11.6. The number of hydrogen-bond acceptors (Lipinski definition) is 4. The average Bonchev–Trinajstić information content (AvgIpc) is 2.34. The van der Waals surface area contributed by atoms with Crippen molar-refractivity contribution in [3.63, 3.8) is 0 Å². The summed E-state index contributed by atoms with van der Waals surface area (Å²) >= 11 is 0. The van der Waals surface area contributed by atoms with E-state index in [2.05, 4.69) is 0 Å². The van der Waals surface area contributed by atoms with Gasteiger partial charge in [0.15, 0.2) is 5.78 Å². The zero-order valence-electron chi connectivity index (χ0n) is 9.31. The van der Waals surface area contributed by atoms with E-state index in [1.165, 1.54) is 0 Å². The van der Waals surface area contributed by atoms with Crippen LogP contribution >= 0.6 is 0 Å². The number of ketones is 1. The fraction of sp³-hybridized carbons (Fsp3) is 0.417. The topological polar surface area (TPSA) is 55.8 Å². The smallest absolute Gasteiger partial charge is 0.165 e. The quantitative estimate of drug-likeness (QED) is 0.560. The molecule has 16 heavy (non-hydrogen) atoms. The van der Waals surface area contributed by atoms with Crippen LogP contribution in [-0.2, 0) is 4.74 Å². The molecular formula is C12H16O4. The van der Waals surface area contributed by atoms with Crippen molar-refractivity contribution < 1.29 is 19.4 Å².